The minimum atomic E-state index is -0.0498. The van der Waals surface area contributed by atoms with Gasteiger partial charge in [-0.25, -0.2) is 0 Å². The Morgan fingerprint density at radius 3 is 2.64 bits per heavy atom. The third-order valence-electron chi connectivity index (χ3n) is 11.6. The van der Waals surface area contributed by atoms with Crippen LogP contribution >= 0.6 is 11.9 Å². The topological polar surface area (TPSA) is 54.5 Å². The van der Waals surface area contributed by atoms with Crippen molar-refractivity contribution < 1.29 is 9.63 Å². The molecule has 5 aliphatic carbocycles. The SMILES string of the molecule is CC12CCC(NOC(=O)C3CCN(SC4CC4)CC3)C=C1CCC1C2CCC2(C)C(c3cccnc3)=CCC12. The maximum absolute atomic E-state index is 12.8. The summed E-state index contributed by atoms with van der Waals surface area (Å²) in [6.45, 7) is 7.11. The number of carbonyl (C=O) groups excluding carboxylic acids is 1. The highest BCUT2D eigenvalue weighted by atomic mass is 32.2. The number of piperidine rings is 1. The van der Waals surface area contributed by atoms with Crippen molar-refractivity contribution in [3.05, 3.63) is 47.8 Å². The molecule has 1 aromatic heterocycles. The van der Waals surface area contributed by atoms with Gasteiger partial charge in [0.15, 0.2) is 0 Å². The van der Waals surface area contributed by atoms with Crippen LogP contribution in [0.3, 0.4) is 0 Å². The van der Waals surface area contributed by atoms with Crippen molar-refractivity contribution in [1.82, 2.24) is 14.8 Å². The lowest BCUT2D eigenvalue weighted by Gasteiger charge is -2.58. The first-order valence-corrected chi connectivity index (χ1v) is 16.5. The molecule has 39 heavy (non-hydrogen) atoms. The maximum atomic E-state index is 12.8. The molecule has 1 aromatic rings. The zero-order chi connectivity index (χ0) is 26.6. The first kappa shape index (κ1) is 26.3. The van der Waals surface area contributed by atoms with E-state index in [4.69, 9.17) is 4.84 Å². The number of pyridine rings is 1. The summed E-state index contributed by atoms with van der Waals surface area (Å²) < 4.78 is 2.47. The Hall–Kier alpha value is -1.63. The number of aromatic nitrogens is 1. The molecule has 7 rings (SSSR count). The zero-order valence-corrected chi connectivity index (χ0v) is 24.6. The van der Waals surface area contributed by atoms with Crippen LogP contribution in [0, 0.1) is 34.5 Å². The van der Waals surface area contributed by atoms with Crippen LogP contribution in [0.25, 0.3) is 5.57 Å². The average Bonchev–Trinajstić information content (AvgIpc) is 3.70. The summed E-state index contributed by atoms with van der Waals surface area (Å²) in [5.41, 5.74) is 8.27. The van der Waals surface area contributed by atoms with E-state index >= 15 is 0 Å². The van der Waals surface area contributed by atoms with Crippen LogP contribution in [-0.2, 0) is 9.63 Å². The Morgan fingerprint density at radius 1 is 1.05 bits per heavy atom. The van der Waals surface area contributed by atoms with Crippen LogP contribution < -0.4 is 5.48 Å². The minimum Gasteiger partial charge on any atom is -0.370 e. The second kappa shape index (κ2) is 10.3. The monoisotopic (exact) mass is 547 g/mol. The lowest BCUT2D eigenvalue weighted by molar-refractivity contribution is -0.159. The van der Waals surface area contributed by atoms with Crippen LogP contribution in [0.5, 0.6) is 0 Å². The Balaban J connectivity index is 0.965. The molecule has 3 saturated carbocycles. The predicted molar refractivity (Wildman–Crippen MR) is 157 cm³/mol. The molecule has 6 unspecified atom stereocenters. The fourth-order valence-corrected chi connectivity index (χ4v) is 10.3. The quantitative estimate of drug-likeness (QED) is 0.236. The molecule has 0 bridgehead atoms. The van der Waals surface area contributed by atoms with E-state index in [1.807, 2.05) is 18.1 Å². The van der Waals surface area contributed by atoms with Crippen LogP contribution in [0.4, 0.5) is 0 Å². The summed E-state index contributed by atoms with van der Waals surface area (Å²) in [5, 5.41) is 0.840. The number of carbonyl (C=O) groups is 1. The third kappa shape index (κ3) is 4.82. The minimum absolute atomic E-state index is 0.0404. The molecule has 1 aliphatic heterocycles. The average molecular weight is 548 g/mol. The van der Waals surface area contributed by atoms with Crippen LogP contribution in [-0.4, -0.2) is 39.6 Å². The molecule has 5 nitrogen and oxygen atoms in total. The van der Waals surface area contributed by atoms with Gasteiger partial charge in [0.05, 0.1) is 12.0 Å². The summed E-state index contributed by atoms with van der Waals surface area (Å²) in [6, 6.07) is 4.48. The van der Waals surface area contributed by atoms with Crippen molar-refractivity contribution in [2.24, 2.45) is 34.5 Å². The van der Waals surface area contributed by atoms with Crippen molar-refractivity contribution in [3.8, 4) is 0 Å². The molecule has 6 atom stereocenters. The van der Waals surface area contributed by atoms with E-state index in [1.165, 1.54) is 56.9 Å². The molecule has 6 heteroatoms. The van der Waals surface area contributed by atoms with E-state index in [1.54, 1.807) is 11.1 Å². The summed E-state index contributed by atoms with van der Waals surface area (Å²) in [7, 11) is 0. The largest absolute Gasteiger partial charge is 0.370 e. The number of allylic oxidation sites excluding steroid dienone is 3. The molecular formula is C33H45N3O2S. The smallest absolute Gasteiger partial charge is 0.327 e. The van der Waals surface area contributed by atoms with Gasteiger partial charge in [-0.2, -0.15) is 0 Å². The second-order valence-corrected chi connectivity index (χ2v) is 15.2. The fraction of sp³-hybridized carbons (Fsp3) is 0.697. The van der Waals surface area contributed by atoms with Gasteiger partial charge in [0.2, 0.25) is 0 Å². The van der Waals surface area contributed by atoms with Gasteiger partial charge >= 0.3 is 5.97 Å². The lowest BCUT2D eigenvalue weighted by atomic mass is 9.46. The first-order chi connectivity index (χ1) is 18.9. The molecule has 0 radical (unpaired) electrons. The number of hydrogen-bond donors (Lipinski definition) is 1. The highest BCUT2D eigenvalue weighted by molar-refractivity contribution is 7.97. The van der Waals surface area contributed by atoms with Gasteiger partial charge < -0.3 is 4.84 Å². The highest BCUT2D eigenvalue weighted by Crippen LogP contribution is 2.66. The summed E-state index contributed by atoms with van der Waals surface area (Å²) >= 11 is 2.01. The van der Waals surface area contributed by atoms with Crippen LogP contribution in [0.15, 0.2) is 42.3 Å². The Labute approximate surface area is 238 Å². The molecule has 0 aromatic carbocycles. The Kier molecular flexibility index (Phi) is 6.96. The van der Waals surface area contributed by atoms with Crippen molar-refractivity contribution in [1.29, 1.82) is 0 Å². The zero-order valence-electron chi connectivity index (χ0n) is 23.7. The van der Waals surface area contributed by atoms with Gasteiger partial charge in [-0.15, -0.1) is 5.48 Å². The summed E-state index contributed by atoms with van der Waals surface area (Å²) in [4.78, 5) is 23.0. The number of nitrogens with zero attached hydrogens (tertiary/aromatic N) is 2. The molecule has 210 valence electrons. The number of rotatable bonds is 6. The van der Waals surface area contributed by atoms with Crippen molar-refractivity contribution >= 4 is 23.5 Å². The van der Waals surface area contributed by atoms with Gasteiger partial charge in [-0.3, -0.25) is 14.1 Å². The number of nitrogens with one attached hydrogen (secondary N) is 1. The lowest BCUT2D eigenvalue weighted by Crippen LogP contribution is -2.51. The second-order valence-electron chi connectivity index (χ2n) is 13.8. The van der Waals surface area contributed by atoms with Gasteiger partial charge in [-0.1, -0.05) is 49.6 Å². The standard InChI is InChI=1S/C33H45N3O2S/c1-32-15-11-25(35-38-31(37)22-13-18-36(19-14-22)39-26-6-7-26)20-24(32)5-8-27-29-10-9-28(23-4-3-17-34-21-23)33(29,2)16-12-30(27)32/h3-4,9,17,20-22,25-27,29-30,35H,5-8,10-16,18-19H2,1-2H3. The molecule has 2 heterocycles. The van der Waals surface area contributed by atoms with Gasteiger partial charge in [0.1, 0.15) is 0 Å². The van der Waals surface area contributed by atoms with Crippen molar-refractivity contribution in [2.45, 2.75) is 95.8 Å². The number of fused-ring (bicyclic) bond motifs is 5. The molecule has 4 fully saturated rings. The third-order valence-corrected chi connectivity index (χ3v) is 13.0. The summed E-state index contributed by atoms with van der Waals surface area (Å²) in [5.74, 6) is 2.29. The highest BCUT2D eigenvalue weighted by Gasteiger charge is 2.57. The fourth-order valence-electron chi connectivity index (χ4n) is 9.16. The van der Waals surface area contributed by atoms with E-state index in [0.29, 0.717) is 0 Å². The number of hydrogen-bond acceptors (Lipinski definition) is 6. The van der Waals surface area contributed by atoms with E-state index in [9.17, 15) is 4.79 Å². The summed E-state index contributed by atoms with van der Waals surface area (Å²) in [6.07, 6.45) is 22.0. The van der Waals surface area contributed by atoms with Gasteiger partial charge in [-0.05, 0) is 116 Å². The van der Waals surface area contributed by atoms with Gasteiger partial charge in [0, 0.05) is 30.7 Å². The molecule has 1 N–H and O–H groups in total. The Bertz CT molecular complexity index is 1140. The van der Waals surface area contributed by atoms with Crippen molar-refractivity contribution in [2.75, 3.05) is 13.1 Å². The Morgan fingerprint density at radius 2 is 1.87 bits per heavy atom. The first-order valence-electron chi connectivity index (χ1n) is 15.6. The molecule has 1 saturated heterocycles. The van der Waals surface area contributed by atoms with Crippen molar-refractivity contribution in [3.63, 3.8) is 0 Å². The van der Waals surface area contributed by atoms with Crippen LogP contribution in [0.1, 0.15) is 90.0 Å². The molecular weight excluding hydrogens is 502 g/mol. The van der Waals surface area contributed by atoms with E-state index in [2.05, 4.69) is 59.1 Å². The van der Waals surface area contributed by atoms with E-state index in [0.717, 1.165) is 55.4 Å². The molecule has 6 aliphatic rings. The maximum Gasteiger partial charge on any atom is 0.327 e. The number of hydroxylamine groups is 1. The molecule has 0 amide bonds. The normalized spacial score (nSPS) is 38.7. The van der Waals surface area contributed by atoms with Crippen LogP contribution in [0.2, 0.25) is 0 Å². The predicted octanol–water partition coefficient (Wildman–Crippen LogP) is 6.98. The van der Waals surface area contributed by atoms with E-state index < -0.39 is 0 Å². The van der Waals surface area contributed by atoms with Gasteiger partial charge in [0.25, 0.3) is 0 Å². The van der Waals surface area contributed by atoms with E-state index in [-0.39, 0.29) is 28.8 Å². The molecule has 0 spiro atoms.